The number of hydrogen-bond acceptors (Lipinski definition) is 4. The maximum Gasteiger partial charge on any atom is 0.306 e. The fourth-order valence-corrected chi connectivity index (χ4v) is 2.60. The van der Waals surface area contributed by atoms with Crippen molar-refractivity contribution in [3.8, 4) is 0 Å². The summed E-state index contributed by atoms with van der Waals surface area (Å²) >= 11 is 0. The summed E-state index contributed by atoms with van der Waals surface area (Å²) in [5.41, 5.74) is 0. The minimum atomic E-state index is -0.822. The van der Waals surface area contributed by atoms with Gasteiger partial charge in [-0.1, -0.05) is 6.92 Å². The molecule has 3 atom stereocenters. The standard InChI is InChI=1S/C12H21NO4/c1-2-13-4-3-9(7-13)5-12-16-8-10(17-12)6-11(14)15/h9-10,12H,2-8H2,1H3,(H,14,15). The van der Waals surface area contributed by atoms with Crippen LogP contribution < -0.4 is 0 Å². The Kier molecular flexibility index (Phi) is 4.36. The Labute approximate surface area is 102 Å². The fraction of sp³-hybridized carbons (Fsp3) is 0.917. The first kappa shape index (κ1) is 12.8. The first-order valence-electron chi connectivity index (χ1n) is 6.38. The van der Waals surface area contributed by atoms with Crippen LogP contribution in [0.25, 0.3) is 0 Å². The number of hydrogen-bond donors (Lipinski definition) is 1. The van der Waals surface area contributed by atoms with Crippen molar-refractivity contribution in [1.82, 2.24) is 4.90 Å². The van der Waals surface area contributed by atoms with Gasteiger partial charge in [0.1, 0.15) is 0 Å². The maximum absolute atomic E-state index is 10.5. The van der Waals surface area contributed by atoms with Crippen LogP contribution in [-0.4, -0.2) is 54.6 Å². The topological polar surface area (TPSA) is 59.0 Å². The summed E-state index contributed by atoms with van der Waals surface area (Å²) in [5, 5.41) is 8.67. The van der Waals surface area contributed by atoms with Crippen LogP contribution in [0.15, 0.2) is 0 Å². The molecule has 0 spiro atoms. The van der Waals surface area contributed by atoms with Crippen molar-refractivity contribution in [3.05, 3.63) is 0 Å². The number of rotatable bonds is 5. The van der Waals surface area contributed by atoms with Crippen LogP contribution in [-0.2, 0) is 14.3 Å². The Morgan fingerprint density at radius 2 is 2.35 bits per heavy atom. The number of nitrogens with zero attached hydrogens (tertiary/aromatic N) is 1. The van der Waals surface area contributed by atoms with Crippen molar-refractivity contribution < 1.29 is 19.4 Å². The molecule has 17 heavy (non-hydrogen) atoms. The van der Waals surface area contributed by atoms with Gasteiger partial charge in [-0.3, -0.25) is 4.79 Å². The zero-order chi connectivity index (χ0) is 12.3. The van der Waals surface area contributed by atoms with Crippen LogP contribution in [0.3, 0.4) is 0 Å². The van der Waals surface area contributed by atoms with E-state index in [0.717, 1.165) is 26.1 Å². The number of carboxylic acid groups (broad SMARTS) is 1. The molecule has 2 aliphatic heterocycles. The SMILES string of the molecule is CCN1CCC(CC2OCC(CC(=O)O)O2)C1. The molecular weight excluding hydrogens is 222 g/mol. The highest BCUT2D eigenvalue weighted by molar-refractivity contribution is 5.67. The second-order valence-corrected chi connectivity index (χ2v) is 4.90. The zero-order valence-corrected chi connectivity index (χ0v) is 10.3. The van der Waals surface area contributed by atoms with E-state index in [1.807, 2.05) is 0 Å². The number of aliphatic carboxylic acids is 1. The molecule has 0 aromatic rings. The quantitative estimate of drug-likeness (QED) is 0.778. The van der Waals surface area contributed by atoms with Crippen LogP contribution in [0.5, 0.6) is 0 Å². The summed E-state index contributed by atoms with van der Waals surface area (Å²) in [6.07, 6.45) is 1.68. The first-order valence-corrected chi connectivity index (χ1v) is 6.38. The molecule has 2 saturated heterocycles. The molecule has 5 heteroatoms. The van der Waals surface area contributed by atoms with E-state index in [1.54, 1.807) is 0 Å². The third-order valence-electron chi connectivity index (χ3n) is 3.56. The van der Waals surface area contributed by atoms with Gasteiger partial charge in [-0.05, 0) is 25.4 Å². The molecule has 0 aromatic heterocycles. The number of carbonyl (C=O) groups is 1. The van der Waals surface area contributed by atoms with Gasteiger partial charge in [0.15, 0.2) is 6.29 Å². The molecule has 1 N–H and O–H groups in total. The van der Waals surface area contributed by atoms with Gasteiger partial charge in [0.05, 0.1) is 19.1 Å². The summed E-state index contributed by atoms with van der Waals surface area (Å²) < 4.78 is 11.1. The van der Waals surface area contributed by atoms with E-state index in [1.165, 1.54) is 6.42 Å². The average molecular weight is 243 g/mol. The van der Waals surface area contributed by atoms with Crippen LogP contribution in [0.4, 0.5) is 0 Å². The lowest BCUT2D eigenvalue weighted by Gasteiger charge is -2.16. The molecule has 0 aliphatic carbocycles. The lowest BCUT2D eigenvalue weighted by Crippen LogP contribution is -2.22. The molecule has 2 fully saturated rings. The van der Waals surface area contributed by atoms with Crippen LogP contribution in [0.2, 0.25) is 0 Å². The third-order valence-corrected chi connectivity index (χ3v) is 3.56. The van der Waals surface area contributed by atoms with Crippen LogP contribution >= 0.6 is 0 Å². The van der Waals surface area contributed by atoms with Crippen molar-refractivity contribution in [2.75, 3.05) is 26.2 Å². The molecule has 2 heterocycles. The summed E-state index contributed by atoms with van der Waals surface area (Å²) in [4.78, 5) is 13.0. The van der Waals surface area contributed by atoms with Crippen molar-refractivity contribution in [3.63, 3.8) is 0 Å². The van der Waals surface area contributed by atoms with Crippen molar-refractivity contribution in [1.29, 1.82) is 0 Å². The van der Waals surface area contributed by atoms with Crippen LogP contribution in [0, 0.1) is 5.92 Å². The smallest absolute Gasteiger partial charge is 0.306 e. The lowest BCUT2D eigenvalue weighted by atomic mass is 10.1. The van der Waals surface area contributed by atoms with E-state index in [-0.39, 0.29) is 18.8 Å². The van der Waals surface area contributed by atoms with E-state index in [2.05, 4.69) is 11.8 Å². The number of likely N-dealkylation sites (tertiary alicyclic amines) is 1. The molecule has 0 saturated carbocycles. The Balaban J connectivity index is 1.69. The summed E-state index contributed by atoms with van der Waals surface area (Å²) in [6, 6.07) is 0. The Hall–Kier alpha value is -0.650. The molecular formula is C12H21NO4. The molecule has 0 aromatic carbocycles. The molecule has 0 radical (unpaired) electrons. The minimum absolute atomic E-state index is 0.0439. The van der Waals surface area contributed by atoms with E-state index in [9.17, 15) is 4.79 Å². The van der Waals surface area contributed by atoms with Crippen LogP contribution in [0.1, 0.15) is 26.2 Å². The Morgan fingerprint density at radius 1 is 1.53 bits per heavy atom. The molecule has 0 amide bonds. The van der Waals surface area contributed by atoms with Gasteiger partial charge >= 0.3 is 5.97 Å². The highest BCUT2D eigenvalue weighted by Crippen LogP contribution is 2.26. The predicted octanol–water partition coefficient (Wildman–Crippen LogP) is 0.934. The van der Waals surface area contributed by atoms with Gasteiger partial charge in [-0.15, -0.1) is 0 Å². The predicted molar refractivity (Wildman–Crippen MR) is 61.7 cm³/mol. The highest BCUT2D eigenvalue weighted by atomic mass is 16.7. The first-order chi connectivity index (χ1) is 8.17. The van der Waals surface area contributed by atoms with Gasteiger partial charge in [0, 0.05) is 13.0 Å². The van der Waals surface area contributed by atoms with Crippen molar-refractivity contribution in [2.45, 2.75) is 38.6 Å². The van der Waals surface area contributed by atoms with E-state index in [4.69, 9.17) is 14.6 Å². The van der Waals surface area contributed by atoms with Gasteiger partial charge in [0.25, 0.3) is 0 Å². The Bertz CT molecular complexity index is 271. The Morgan fingerprint density at radius 3 is 3.00 bits per heavy atom. The van der Waals surface area contributed by atoms with E-state index >= 15 is 0 Å². The zero-order valence-electron chi connectivity index (χ0n) is 10.3. The lowest BCUT2D eigenvalue weighted by molar-refractivity contribution is -0.140. The van der Waals surface area contributed by atoms with E-state index in [0.29, 0.717) is 12.5 Å². The molecule has 0 bridgehead atoms. The second-order valence-electron chi connectivity index (χ2n) is 4.90. The largest absolute Gasteiger partial charge is 0.481 e. The van der Waals surface area contributed by atoms with Gasteiger partial charge in [-0.25, -0.2) is 0 Å². The maximum atomic E-state index is 10.5. The van der Waals surface area contributed by atoms with Gasteiger partial charge < -0.3 is 19.5 Å². The molecule has 2 rings (SSSR count). The molecule has 2 aliphatic rings. The third kappa shape index (κ3) is 3.66. The van der Waals surface area contributed by atoms with Gasteiger partial charge in [-0.2, -0.15) is 0 Å². The normalized spacial score (nSPS) is 34.3. The fourth-order valence-electron chi connectivity index (χ4n) is 2.60. The average Bonchev–Trinajstić information content (AvgIpc) is 2.88. The van der Waals surface area contributed by atoms with E-state index < -0.39 is 5.97 Å². The number of carboxylic acids is 1. The molecule has 3 unspecified atom stereocenters. The monoisotopic (exact) mass is 243 g/mol. The summed E-state index contributed by atoms with van der Waals surface area (Å²) in [6.45, 7) is 5.97. The van der Waals surface area contributed by atoms with Crippen molar-refractivity contribution >= 4 is 5.97 Å². The second kappa shape index (κ2) is 5.80. The van der Waals surface area contributed by atoms with Crippen molar-refractivity contribution in [2.24, 2.45) is 5.92 Å². The highest BCUT2D eigenvalue weighted by Gasteiger charge is 2.31. The minimum Gasteiger partial charge on any atom is -0.481 e. The summed E-state index contributed by atoms with van der Waals surface area (Å²) in [7, 11) is 0. The molecule has 5 nitrogen and oxygen atoms in total. The summed E-state index contributed by atoms with van der Waals surface area (Å²) in [5.74, 6) is -0.194. The molecule has 98 valence electrons. The van der Waals surface area contributed by atoms with Gasteiger partial charge in [0.2, 0.25) is 0 Å². The number of ether oxygens (including phenoxy) is 2.